The zero-order valence-corrected chi connectivity index (χ0v) is 16.6. The normalized spacial score (nSPS) is 16.3. The lowest BCUT2D eigenvalue weighted by molar-refractivity contribution is -0.137. The van der Waals surface area contributed by atoms with E-state index in [1.54, 1.807) is 6.20 Å². The lowest BCUT2D eigenvalue weighted by atomic mass is 9.79. The standard InChI is InChI=1S/C18H20F3N3O2S.ClH/c19-18(20,21)13-3-1-12(2-4-13)9-14-10-23-16(27-14)24-15(25)17(11-22)5-7-26-8-6-17;/h1-4,10H,5-9,11,22H2,(H,23,24,25);1H. The number of ether oxygens (including phenoxy) is 1. The largest absolute Gasteiger partial charge is 0.416 e. The summed E-state index contributed by atoms with van der Waals surface area (Å²) in [6.07, 6.45) is -1.14. The number of benzene rings is 1. The molecule has 0 saturated carbocycles. The predicted molar refractivity (Wildman–Crippen MR) is 104 cm³/mol. The molecule has 0 unspecified atom stereocenters. The summed E-state index contributed by atoms with van der Waals surface area (Å²) in [6, 6.07) is 5.03. The Morgan fingerprint density at radius 1 is 1.25 bits per heavy atom. The van der Waals surface area contributed by atoms with E-state index in [9.17, 15) is 18.0 Å². The van der Waals surface area contributed by atoms with Gasteiger partial charge >= 0.3 is 6.18 Å². The van der Waals surface area contributed by atoms with Crippen molar-refractivity contribution in [2.45, 2.75) is 25.4 Å². The molecule has 154 valence electrons. The maximum Gasteiger partial charge on any atom is 0.416 e. The molecule has 28 heavy (non-hydrogen) atoms. The van der Waals surface area contributed by atoms with Crippen LogP contribution >= 0.6 is 23.7 Å². The van der Waals surface area contributed by atoms with Crippen molar-refractivity contribution in [3.8, 4) is 0 Å². The Labute approximate surface area is 170 Å². The minimum absolute atomic E-state index is 0. The Morgan fingerprint density at radius 3 is 2.46 bits per heavy atom. The molecule has 0 atom stereocenters. The van der Waals surface area contributed by atoms with Crippen molar-refractivity contribution in [2.75, 3.05) is 25.1 Å². The van der Waals surface area contributed by atoms with E-state index in [0.29, 0.717) is 37.6 Å². The number of amides is 1. The van der Waals surface area contributed by atoms with Crippen LogP contribution in [0.2, 0.25) is 0 Å². The molecule has 3 N–H and O–H groups in total. The van der Waals surface area contributed by atoms with Gasteiger partial charge in [0.1, 0.15) is 0 Å². The fraction of sp³-hybridized carbons (Fsp3) is 0.444. The first kappa shape index (κ1) is 22.6. The highest BCUT2D eigenvalue weighted by Crippen LogP contribution is 2.32. The van der Waals surface area contributed by atoms with Crippen LogP contribution in [0.3, 0.4) is 0 Å². The van der Waals surface area contributed by atoms with Gasteiger partial charge < -0.3 is 15.8 Å². The molecule has 1 saturated heterocycles. The molecule has 1 aliphatic heterocycles. The number of nitrogens with one attached hydrogen (secondary N) is 1. The monoisotopic (exact) mass is 435 g/mol. The van der Waals surface area contributed by atoms with E-state index in [1.807, 2.05) is 0 Å². The first-order valence-electron chi connectivity index (χ1n) is 8.52. The third-order valence-corrected chi connectivity index (χ3v) is 5.67. The fourth-order valence-corrected chi connectivity index (χ4v) is 3.82. The fourth-order valence-electron chi connectivity index (χ4n) is 2.98. The number of anilines is 1. The van der Waals surface area contributed by atoms with Crippen molar-refractivity contribution < 1.29 is 22.7 Å². The molecule has 3 rings (SSSR count). The number of hydrogen-bond acceptors (Lipinski definition) is 5. The van der Waals surface area contributed by atoms with Crippen LogP contribution in [0.1, 0.15) is 28.8 Å². The summed E-state index contributed by atoms with van der Waals surface area (Å²) in [5, 5.41) is 3.28. The van der Waals surface area contributed by atoms with Crippen LogP contribution in [0.5, 0.6) is 0 Å². The summed E-state index contributed by atoms with van der Waals surface area (Å²) in [5.41, 5.74) is 5.26. The molecule has 0 aliphatic carbocycles. The summed E-state index contributed by atoms with van der Waals surface area (Å²) in [6.45, 7) is 1.25. The molecule has 10 heteroatoms. The Kier molecular flexibility index (Phi) is 7.44. The van der Waals surface area contributed by atoms with Gasteiger partial charge in [0.15, 0.2) is 5.13 Å². The second kappa shape index (κ2) is 9.21. The van der Waals surface area contributed by atoms with Crippen molar-refractivity contribution in [3.63, 3.8) is 0 Å². The number of carbonyl (C=O) groups is 1. The maximum atomic E-state index is 12.6. The number of aromatic nitrogens is 1. The molecule has 1 aliphatic rings. The van der Waals surface area contributed by atoms with Crippen molar-refractivity contribution in [1.29, 1.82) is 0 Å². The van der Waals surface area contributed by atoms with Crippen LogP contribution in [0.15, 0.2) is 30.5 Å². The van der Waals surface area contributed by atoms with Gasteiger partial charge in [0.25, 0.3) is 0 Å². The molecule has 1 aromatic heterocycles. The molecule has 1 aromatic carbocycles. The summed E-state index contributed by atoms with van der Waals surface area (Å²) < 4.78 is 43.2. The minimum Gasteiger partial charge on any atom is -0.381 e. The van der Waals surface area contributed by atoms with Gasteiger partial charge in [-0.3, -0.25) is 4.79 Å². The van der Waals surface area contributed by atoms with Crippen LogP contribution in [-0.2, 0) is 22.1 Å². The van der Waals surface area contributed by atoms with Gasteiger partial charge in [0.2, 0.25) is 5.91 Å². The van der Waals surface area contributed by atoms with Gasteiger partial charge in [-0.2, -0.15) is 13.2 Å². The van der Waals surface area contributed by atoms with Gasteiger partial charge in [-0.1, -0.05) is 12.1 Å². The lowest BCUT2D eigenvalue weighted by Gasteiger charge is -2.34. The SMILES string of the molecule is Cl.NCC1(C(=O)Nc2ncc(Cc3ccc(C(F)(F)F)cc3)s2)CCOCC1. The van der Waals surface area contributed by atoms with Crippen molar-refractivity contribution in [3.05, 3.63) is 46.5 Å². The second-order valence-electron chi connectivity index (χ2n) is 6.55. The minimum atomic E-state index is -4.34. The third kappa shape index (κ3) is 5.22. The number of carbonyl (C=O) groups excluding carboxylic acids is 1. The number of nitrogens with zero attached hydrogens (tertiary/aromatic N) is 1. The number of hydrogen-bond donors (Lipinski definition) is 2. The smallest absolute Gasteiger partial charge is 0.381 e. The summed E-state index contributed by atoms with van der Waals surface area (Å²) in [5.74, 6) is -0.163. The van der Waals surface area contributed by atoms with Gasteiger partial charge in [-0.05, 0) is 30.5 Å². The van der Waals surface area contributed by atoms with Gasteiger partial charge in [0.05, 0.1) is 11.0 Å². The topological polar surface area (TPSA) is 77.2 Å². The number of rotatable bonds is 5. The Bertz CT molecular complexity index is 790. The highest BCUT2D eigenvalue weighted by atomic mass is 35.5. The van der Waals surface area contributed by atoms with E-state index in [4.69, 9.17) is 10.5 Å². The predicted octanol–water partition coefficient (Wildman–Crippen LogP) is 3.87. The molecule has 2 aromatic rings. The lowest BCUT2D eigenvalue weighted by Crippen LogP contribution is -2.46. The van der Waals surface area contributed by atoms with E-state index in [2.05, 4.69) is 10.3 Å². The van der Waals surface area contributed by atoms with Gasteiger partial charge in [-0.15, -0.1) is 23.7 Å². The number of halogens is 4. The summed E-state index contributed by atoms with van der Waals surface area (Å²) in [7, 11) is 0. The summed E-state index contributed by atoms with van der Waals surface area (Å²) in [4.78, 5) is 17.7. The van der Waals surface area contributed by atoms with E-state index in [0.717, 1.165) is 22.6 Å². The summed E-state index contributed by atoms with van der Waals surface area (Å²) >= 11 is 1.30. The van der Waals surface area contributed by atoms with Crippen LogP contribution in [-0.4, -0.2) is 30.6 Å². The number of nitrogens with two attached hydrogens (primary N) is 1. The maximum absolute atomic E-state index is 12.6. The van der Waals surface area contributed by atoms with E-state index >= 15 is 0 Å². The first-order valence-corrected chi connectivity index (χ1v) is 9.34. The van der Waals surface area contributed by atoms with Gasteiger partial charge in [0, 0.05) is 37.3 Å². The third-order valence-electron chi connectivity index (χ3n) is 4.76. The molecule has 2 heterocycles. The Balaban J connectivity index is 0.00000280. The molecule has 0 radical (unpaired) electrons. The van der Waals surface area contributed by atoms with E-state index in [1.165, 1.54) is 23.5 Å². The average molecular weight is 436 g/mol. The molecule has 1 fully saturated rings. The van der Waals surface area contributed by atoms with E-state index < -0.39 is 17.2 Å². The number of alkyl halides is 3. The zero-order valence-electron chi connectivity index (χ0n) is 14.9. The molecule has 1 amide bonds. The highest BCUT2D eigenvalue weighted by molar-refractivity contribution is 7.15. The second-order valence-corrected chi connectivity index (χ2v) is 7.67. The van der Waals surface area contributed by atoms with Crippen molar-refractivity contribution in [1.82, 2.24) is 4.98 Å². The van der Waals surface area contributed by atoms with Gasteiger partial charge in [-0.25, -0.2) is 4.98 Å². The zero-order chi connectivity index (χ0) is 19.5. The van der Waals surface area contributed by atoms with Crippen LogP contribution in [0, 0.1) is 5.41 Å². The van der Waals surface area contributed by atoms with Crippen molar-refractivity contribution >= 4 is 34.8 Å². The average Bonchev–Trinajstić information content (AvgIpc) is 3.08. The Hall–Kier alpha value is -1.68. The molecular formula is C18H21ClF3N3O2S. The van der Waals surface area contributed by atoms with Crippen LogP contribution in [0.25, 0.3) is 0 Å². The van der Waals surface area contributed by atoms with Crippen molar-refractivity contribution in [2.24, 2.45) is 11.1 Å². The van der Waals surface area contributed by atoms with E-state index in [-0.39, 0.29) is 24.9 Å². The molecule has 5 nitrogen and oxygen atoms in total. The molecule has 0 spiro atoms. The van der Waals surface area contributed by atoms with Crippen LogP contribution in [0.4, 0.5) is 18.3 Å². The Morgan fingerprint density at radius 2 is 1.89 bits per heavy atom. The first-order chi connectivity index (χ1) is 12.8. The quantitative estimate of drug-likeness (QED) is 0.747. The molecular weight excluding hydrogens is 415 g/mol. The van der Waals surface area contributed by atoms with Crippen LogP contribution < -0.4 is 11.1 Å². The highest BCUT2D eigenvalue weighted by Gasteiger charge is 2.39. The number of thiazole rings is 1. The molecule has 0 bridgehead atoms.